The van der Waals surface area contributed by atoms with Crippen LogP contribution in [0.4, 0.5) is 5.69 Å². The van der Waals surface area contributed by atoms with Crippen LogP contribution < -0.4 is 21.2 Å². The highest BCUT2D eigenvalue weighted by molar-refractivity contribution is 5.98. The van der Waals surface area contributed by atoms with Gasteiger partial charge in [0.1, 0.15) is 6.79 Å². The van der Waals surface area contributed by atoms with Crippen LogP contribution in [0.3, 0.4) is 0 Å². The van der Waals surface area contributed by atoms with Gasteiger partial charge < -0.3 is 14.9 Å². The second-order valence-corrected chi connectivity index (χ2v) is 7.12. The van der Waals surface area contributed by atoms with E-state index in [1.165, 1.54) is 6.92 Å². The van der Waals surface area contributed by atoms with E-state index in [-0.39, 0.29) is 18.4 Å². The molecule has 1 aliphatic heterocycles. The number of aryl methyl sites for hydroxylation is 1. The van der Waals surface area contributed by atoms with Crippen LogP contribution in [0.5, 0.6) is 0 Å². The molecular weight excluding hydrogens is 388 g/mol. The Hall–Kier alpha value is -2.78. The molecule has 166 valence electrons. The van der Waals surface area contributed by atoms with E-state index >= 15 is 0 Å². The molecule has 0 radical (unpaired) electrons. The van der Waals surface area contributed by atoms with Crippen LogP contribution in [-0.2, 0) is 20.8 Å². The van der Waals surface area contributed by atoms with Crippen LogP contribution in [-0.4, -0.2) is 42.8 Å². The Bertz CT molecular complexity index is 725. The number of unbranched alkanes of at least 4 members (excludes halogenated alkanes) is 2. The molecule has 1 atom stereocenters. The van der Waals surface area contributed by atoms with E-state index in [9.17, 15) is 14.4 Å². The van der Waals surface area contributed by atoms with Gasteiger partial charge >= 0.3 is 0 Å². The molecule has 0 bridgehead atoms. The summed E-state index contributed by atoms with van der Waals surface area (Å²) in [6.07, 6.45) is 5.20. The highest BCUT2D eigenvalue weighted by Gasteiger charge is 2.22. The fourth-order valence-corrected chi connectivity index (χ4v) is 3.43. The lowest BCUT2D eigenvalue weighted by atomic mass is 9.99. The zero-order chi connectivity index (χ0) is 22.5. The molecule has 0 aliphatic carbocycles. The molecule has 1 aromatic carbocycles. The number of benzene rings is 1. The van der Waals surface area contributed by atoms with Crippen LogP contribution in [0.15, 0.2) is 18.2 Å². The molecule has 0 fully saturated rings. The number of carbonyl (C=O) groups excluding carboxylic acids is 4. The van der Waals surface area contributed by atoms with Crippen LogP contribution in [0.25, 0.3) is 0 Å². The first kappa shape index (κ1) is 25.3. The van der Waals surface area contributed by atoms with Gasteiger partial charge in [-0.2, -0.15) is 0 Å². The highest BCUT2D eigenvalue weighted by Crippen LogP contribution is 2.28. The van der Waals surface area contributed by atoms with Crippen molar-refractivity contribution in [1.29, 1.82) is 0 Å². The van der Waals surface area contributed by atoms with Crippen LogP contribution >= 0.6 is 0 Å². The summed E-state index contributed by atoms with van der Waals surface area (Å²) in [6, 6.07) is 5.19. The SMILES string of the molecule is C=O.CCCCC[C@H](CNO)C(=O)NNC(=O)c1ccc2c(c1)CCCN2C(C)=O. The van der Waals surface area contributed by atoms with E-state index in [1.54, 1.807) is 23.1 Å². The Morgan fingerprint density at radius 1 is 1.20 bits per heavy atom. The summed E-state index contributed by atoms with van der Waals surface area (Å²) < 4.78 is 0. The minimum Gasteiger partial charge on any atom is -0.317 e. The molecule has 1 aliphatic rings. The second kappa shape index (κ2) is 13.4. The predicted octanol–water partition coefficient (Wildman–Crippen LogP) is 1.74. The molecule has 30 heavy (non-hydrogen) atoms. The number of nitrogens with one attached hydrogen (secondary N) is 3. The number of hydrazine groups is 1. The normalized spacial score (nSPS) is 13.4. The van der Waals surface area contributed by atoms with E-state index < -0.39 is 11.8 Å². The largest absolute Gasteiger partial charge is 0.317 e. The Balaban J connectivity index is 0.00000218. The van der Waals surface area contributed by atoms with Crippen molar-refractivity contribution in [2.24, 2.45) is 5.92 Å². The topological polar surface area (TPSA) is 128 Å². The van der Waals surface area contributed by atoms with Gasteiger partial charge in [-0.3, -0.25) is 25.2 Å². The van der Waals surface area contributed by atoms with Crippen molar-refractivity contribution < 1.29 is 24.4 Å². The maximum atomic E-state index is 12.4. The average molecular weight is 421 g/mol. The minimum absolute atomic E-state index is 0.0166. The Morgan fingerprint density at radius 2 is 1.93 bits per heavy atom. The smallest absolute Gasteiger partial charge is 0.269 e. The van der Waals surface area contributed by atoms with Gasteiger partial charge in [-0.15, -0.1) is 0 Å². The van der Waals surface area contributed by atoms with E-state index in [0.29, 0.717) is 18.5 Å². The molecule has 0 saturated heterocycles. The van der Waals surface area contributed by atoms with Crippen LogP contribution in [0.2, 0.25) is 0 Å². The van der Waals surface area contributed by atoms with Crippen LogP contribution in [0.1, 0.15) is 61.9 Å². The van der Waals surface area contributed by atoms with Crippen molar-refractivity contribution >= 4 is 30.2 Å². The van der Waals surface area contributed by atoms with Gasteiger partial charge in [-0.25, -0.2) is 5.48 Å². The molecule has 9 heteroatoms. The molecule has 0 unspecified atom stereocenters. The Morgan fingerprint density at radius 3 is 2.57 bits per heavy atom. The van der Waals surface area contributed by atoms with Crippen molar-refractivity contribution in [1.82, 2.24) is 16.3 Å². The predicted molar refractivity (Wildman–Crippen MR) is 113 cm³/mol. The molecule has 1 aromatic rings. The van der Waals surface area contributed by atoms with E-state index in [1.807, 2.05) is 12.3 Å². The Labute approximate surface area is 177 Å². The van der Waals surface area contributed by atoms with E-state index in [0.717, 1.165) is 43.4 Å². The zero-order valence-electron chi connectivity index (χ0n) is 17.7. The number of amides is 3. The average Bonchev–Trinajstić information content (AvgIpc) is 2.77. The zero-order valence-corrected chi connectivity index (χ0v) is 17.7. The number of anilines is 1. The maximum absolute atomic E-state index is 12.4. The van der Waals surface area contributed by atoms with Crippen molar-refractivity contribution in [3.05, 3.63) is 29.3 Å². The molecule has 9 nitrogen and oxygen atoms in total. The van der Waals surface area contributed by atoms with Crippen LogP contribution in [0, 0.1) is 5.92 Å². The molecule has 0 saturated carbocycles. The van der Waals surface area contributed by atoms with Crippen molar-refractivity contribution in [2.75, 3.05) is 18.0 Å². The van der Waals surface area contributed by atoms with Gasteiger partial charge in [0.15, 0.2) is 0 Å². The van der Waals surface area contributed by atoms with Gasteiger partial charge in [0.2, 0.25) is 11.8 Å². The molecule has 0 aromatic heterocycles. The maximum Gasteiger partial charge on any atom is 0.269 e. The number of nitrogens with zero attached hydrogens (tertiary/aromatic N) is 1. The highest BCUT2D eigenvalue weighted by atomic mass is 16.5. The van der Waals surface area contributed by atoms with Gasteiger partial charge in [-0.1, -0.05) is 26.2 Å². The number of fused-ring (bicyclic) bond motifs is 1. The lowest BCUT2D eigenvalue weighted by Gasteiger charge is -2.28. The fraction of sp³-hybridized carbons (Fsp3) is 0.524. The van der Waals surface area contributed by atoms with Crippen molar-refractivity contribution in [2.45, 2.75) is 52.4 Å². The number of hydrogen-bond donors (Lipinski definition) is 4. The number of hydrogen-bond acceptors (Lipinski definition) is 6. The molecular formula is C21H32N4O5. The Kier molecular flexibility index (Phi) is 11.3. The summed E-state index contributed by atoms with van der Waals surface area (Å²) in [5, 5.41) is 8.93. The lowest BCUT2D eigenvalue weighted by molar-refractivity contribution is -0.126. The standard InChI is InChI=1S/C20H30N4O4.CH2O/c1-3-4-5-7-17(13-21-28)20(27)23-22-19(26)16-9-10-18-15(12-16)8-6-11-24(18)14(2)25;1-2/h9-10,12,17,21,28H,3-8,11,13H2,1-2H3,(H,22,26)(H,23,27);1H2/t17-;/m1./s1. The molecule has 3 amide bonds. The summed E-state index contributed by atoms with van der Waals surface area (Å²) in [4.78, 5) is 46.2. The number of carbonyl (C=O) groups is 4. The minimum atomic E-state index is -0.426. The third-order valence-electron chi connectivity index (χ3n) is 5.00. The van der Waals surface area contributed by atoms with Crippen molar-refractivity contribution in [3.63, 3.8) is 0 Å². The first-order chi connectivity index (χ1) is 14.5. The monoisotopic (exact) mass is 420 g/mol. The number of rotatable bonds is 8. The van der Waals surface area contributed by atoms with Gasteiger partial charge in [0.05, 0.1) is 5.92 Å². The summed E-state index contributed by atoms with van der Waals surface area (Å²) >= 11 is 0. The molecule has 1 heterocycles. The summed E-state index contributed by atoms with van der Waals surface area (Å²) in [6.45, 7) is 6.42. The summed E-state index contributed by atoms with van der Waals surface area (Å²) in [5.74, 6) is -1.20. The third kappa shape index (κ3) is 7.23. The van der Waals surface area contributed by atoms with Gasteiger partial charge in [0, 0.05) is 31.3 Å². The lowest BCUT2D eigenvalue weighted by Crippen LogP contribution is -2.46. The second-order valence-electron chi connectivity index (χ2n) is 7.12. The van der Waals surface area contributed by atoms with Gasteiger partial charge in [0.25, 0.3) is 5.91 Å². The van der Waals surface area contributed by atoms with E-state index in [4.69, 9.17) is 10.0 Å². The van der Waals surface area contributed by atoms with E-state index in [2.05, 4.69) is 17.8 Å². The van der Waals surface area contributed by atoms with Crippen molar-refractivity contribution in [3.8, 4) is 0 Å². The fourth-order valence-electron chi connectivity index (χ4n) is 3.43. The third-order valence-corrected chi connectivity index (χ3v) is 5.00. The van der Waals surface area contributed by atoms with Gasteiger partial charge in [-0.05, 0) is 43.0 Å². The molecule has 2 rings (SSSR count). The first-order valence-electron chi connectivity index (χ1n) is 10.1. The summed E-state index contributed by atoms with van der Waals surface area (Å²) in [7, 11) is 0. The quantitative estimate of drug-likeness (QED) is 0.375. The number of hydroxylamine groups is 1. The first-order valence-corrected chi connectivity index (χ1v) is 10.1. The molecule has 4 N–H and O–H groups in total. The molecule has 0 spiro atoms. The summed E-state index contributed by atoms with van der Waals surface area (Å²) in [5.41, 5.74) is 9.13.